The van der Waals surface area contributed by atoms with Gasteiger partial charge in [0.1, 0.15) is 5.75 Å². The molecular formula is C21H16BrClN2O2. The van der Waals surface area contributed by atoms with Gasteiger partial charge in [-0.05, 0) is 72.3 Å². The number of amides is 1. The number of carbonyl (C=O) groups excluding carboxylic acids is 1. The van der Waals surface area contributed by atoms with Crippen LogP contribution < -0.4 is 10.1 Å². The lowest BCUT2D eigenvalue weighted by Gasteiger charge is -2.08. The van der Waals surface area contributed by atoms with Crippen molar-refractivity contribution in [2.24, 2.45) is 4.99 Å². The van der Waals surface area contributed by atoms with Crippen LogP contribution in [-0.4, -0.2) is 18.7 Å². The molecule has 0 spiro atoms. The van der Waals surface area contributed by atoms with Crippen molar-refractivity contribution >= 4 is 51.0 Å². The van der Waals surface area contributed by atoms with E-state index in [2.05, 4.69) is 26.2 Å². The smallest absolute Gasteiger partial charge is 0.262 e. The van der Waals surface area contributed by atoms with Crippen LogP contribution in [-0.2, 0) is 4.79 Å². The SMILES string of the molecule is O=C(COc1ccc(C=Nc2ccc(Br)cc2)cc1)Nc1cccc(Cl)c1. The van der Waals surface area contributed by atoms with Crippen LogP contribution in [0.2, 0.25) is 5.02 Å². The molecule has 0 heterocycles. The average Bonchev–Trinajstić information content (AvgIpc) is 2.67. The van der Waals surface area contributed by atoms with Gasteiger partial charge in [0.25, 0.3) is 5.91 Å². The largest absolute Gasteiger partial charge is 0.484 e. The monoisotopic (exact) mass is 442 g/mol. The van der Waals surface area contributed by atoms with Crippen molar-refractivity contribution in [1.82, 2.24) is 0 Å². The summed E-state index contributed by atoms with van der Waals surface area (Å²) in [6.07, 6.45) is 1.78. The fraction of sp³-hybridized carbons (Fsp3) is 0.0476. The van der Waals surface area contributed by atoms with Gasteiger partial charge in [-0.1, -0.05) is 33.6 Å². The molecule has 3 aromatic rings. The summed E-state index contributed by atoms with van der Waals surface area (Å²) in [5.41, 5.74) is 2.44. The topological polar surface area (TPSA) is 50.7 Å². The molecule has 1 N–H and O–H groups in total. The Morgan fingerprint density at radius 1 is 1.07 bits per heavy atom. The fourth-order valence-corrected chi connectivity index (χ4v) is 2.69. The van der Waals surface area contributed by atoms with Gasteiger partial charge in [0.2, 0.25) is 0 Å². The summed E-state index contributed by atoms with van der Waals surface area (Å²) in [6, 6.07) is 22.1. The van der Waals surface area contributed by atoms with Crippen molar-refractivity contribution in [2.75, 3.05) is 11.9 Å². The Balaban J connectivity index is 1.51. The first-order chi connectivity index (χ1) is 13.1. The zero-order valence-electron chi connectivity index (χ0n) is 14.2. The minimum Gasteiger partial charge on any atom is -0.484 e. The molecule has 0 saturated heterocycles. The van der Waals surface area contributed by atoms with Gasteiger partial charge in [-0.3, -0.25) is 9.79 Å². The molecule has 0 unspecified atom stereocenters. The van der Waals surface area contributed by atoms with Gasteiger partial charge < -0.3 is 10.1 Å². The van der Waals surface area contributed by atoms with E-state index >= 15 is 0 Å². The maximum absolute atomic E-state index is 11.9. The van der Waals surface area contributed by atoms with Crippen LogP contribution in [0.5, 0.6) is 5.75 Å². The molecule has 27 heavy (non-hydrogen) atoms. The second-order valence-corrected chi connectivity index (χ2v) is 7.00. The molecule has 0 aliphatic carbocycles. The van der Waals surface area contributed by atoms with Gasteiger partial charge in [-0.15, -0.1) is 0 Å². The highest BCUT2D eigenvalue weighted by atomic mass is 79.9. The van der Waals surface area contributed by atoms with E-state index in [1.807, 2.05) is 36.4 Å². The molecule has 0 bridgehead atoms. The van der Waals surface area contributed by atoms with Gasteiger partial charge in [0, 0.05) is 21.4 Å². The van der Waals surface area contributed by atoms with E-state index in [-0.39, 0.29) is 12.5 Å². The van der Waals surface area contributed by atoms with E-state index < -0.39 is 0 Å². The van der Waals surface area contributed by atoms with Crippen molar-refractivity contribution in [3.8, 4) is 5.75 Å². The molecule has 0 aliphatic heterocycles. The summed E-state index contributed by atoms with van der Waals surface area (Å²) in [5, 5.41) is 3.30. The van der Waals surface area contributed by atoms with E-state index in [1.165, 1.54) is 0 Å². The molecule has 0 aromatic heterocycles. The number of hydrogen-bond donors (Lipinski definition) is 1. The molecule has 3 aromatic carbocycles. The van der Waals surface area contributed by atoms with Crippen LogP contribution in [0.3, 0.4) is 0 Å². The van der Waals surface area contributed by atoms with Crippen LogP contribution in [0.1, 0.15) is 5.56 Å². The summed E-state index contributed by atoms with van der Waals surface area (Å²) in [5.74, 6) is 0.357. The normalized spacial score (nSPS) is 10.7. The lowest BCUT2D eigenvalue weighted by molar-refractivity contribution is -0.118. The molecule has 3 rings (SSSR count). The summed E-state index contributed by atoms with van der Waals surface area (Å²) in [4.78, 5) is 16.4. The molecule has 4 nitrogen and oxygen atoms in total. The molecule has 0 fully saturated rings. The van der Waals surface area contributed by atoms with Crippen LogP contribution in [0.15, 0.2) is 82.3 Å². The third-order valence-electron chi connectivity index (χ3n) is 3.55. The number of halogens is 2. The van der Waals surface area contributed by atoms with E-state index in [1.54, 1.807) is 42.6 Å². The second kappa shape index (κ2) is 9.35. The first kappa shape index (κ1) is 19.1. The number of anilines is 1. The van der Waals surface area contributed by atoms with E-state index in [4.69, 9.17) is 16.3 Å². The van der Waals surface area contributed by atoms with Crippen LogP contribution >= 0.6 is 27.5 Å². The minimum absolute atomic E-state index is 0.0845. The summed E-state index contributed by atoms with van der Waals surface area (Å²) < 4.78 is 6.52. The number of nitrogens with zero attached hydrogens (tertiary/aromatic N) is 1. The first-order valence-electron chi connectivity index (χ1n) is 8.16. The Morgan fingerprint density at radius 3 is 2.52 bits per heavy atom. The maximum Gasteiger partial charge on any atom is 0.262 e. The van der Waals surface area contributed by atoms with Crippen molar-refractivity contribution in [2.45, 2.75) is 0 Å². The predicted molar refractivity (Wildman–Crippen MR) is 113 cm³/mol. The molecule has 0 saturated carbocycles. The number of benzene rings is 3. The molecule has 1 amide bonds. The first-order valence-corrected chi connectivity index (χ1v) is 9.33. The third kappa shape index (κ3) is 6.24. The van der Waals surface area contributed by atoms with Crippen LogP contribution in [0, 0.1) is 0 Å². The van der Waals surface area contributed by atoms with Crippen molar-refractivity contribution in [1.29, 1.82) is 0 Å². The lowest BCUT2D eigenvalue weighted by Crippen LogP contribution is -2.20. The third-order valence-corrected chi connectivity index (χ3v) is 4.31. The highest BCUT2D eigenvalue weighted by molar-refractivity contribution is 9.10. The highest BCUT2D eigenvalue weighted by Gasteiger charge is 2.04. The van der Waals surface area contributed by atoms with Crippen molar-refractivity contribution in [3.05, 3.63) is 87.9 Å². The van der Waals surface area contributed by atoms with Crippen molar-refractivity contribution in [3.63, 3.8) is 0 Å². The highest BCUT2D eigenvalue weighted by Crippen LogP contribution is 2.18. The van der Waals surface area contributed by atoms with E-state index in [0.717, 1.165) is 15.7 Å². The van der Waals surface area contributed by atoms with E-state index in [9.17, 15) is 4.79 Å². The fourth-order valence-electron chi connectivity index (χ4n) is 2.24. The van der Waals surface area contributed by atoms with Crippen LogP contribution in [0.4, 0.5) is 11.4 Å². The predicted octanol–water partition coefficient (Wildman–Crippen LogP) is 5.87. The number of ether oxygens (including phenoxy) is 1. The number of aliphatic imine (C=N–C) groups is 1. The Labute approximate surface area is 171 Å². The molecular weight excluding hydrogens is 428 g/mol. The average molecular weight is 444 g/mol. The number of nitrogens with one attached hydrogen (secondary N) is 1. The van der Waals surface area contributed by atoms with Gasteiger partial charge in [-0.25, -0.2) is 0 Å². The number of rotatable bonds is 6. The van der Waals surface area contributed by atoms with Crippen LogP contribution in [0.25, 0.3) is 0 Å². The van der Waals surface area contributed by atoms with Gasteiger partial charge >= 0.3 is 0 Å². The lowest BCUT2D eigenvalue weighted by atomic mass is 10.2. The molecule has 136 valence electrons. The Bertz CT molecular complexity index is 941. The zero-order valence-corrected chi connectivity index (χ0v) is 16.6. The summed E-state index contributed by atoms with van der Waals surface area (Å²) in [7, 11) is 0. The Hall–Kier alpha value is -2.63. The zero-order chi connectivity index (χ0) is 19.1. The summed E-state index contributed by atoms with van der Waals surface area (Å²) in [6.45, 7) is -0.0845. The second-order valence-electron chi connectivity index (χ2n) is 5.65. The standard InChI is InChI=1S/C21H16BrClN2O2/c22-16-6-8-18(9-7-16)24-13-15-4-10-20(11-5-15)27-14-21(26)25-19-3-1-2-17(23)12-19/h1-13H,14H2,(H,25,26). The Morgan fingerprint density at radius 2 is 1.81 bits per heavy atom. The number of carbonyl (C=O) groups is 1. The Kier molecular flexibility index (Phi) is 6.63. The molecule has 0 aliphatic rings. The minimum atomic E-state index is -0.252. The quantitative estimate of drug-likeness (QED) is 0.484. The molecule has 0 radical (unpaired) electrons. The number of hydrogen-bond acceptors (Lipinski definition) is 3. The molecule has 0 atom stereocenters. The van der Waals surface area contributed by atoms with E-state index in [0.29, 0.717) is 16.5 Å². The van der Waals surface area contributed by atoms with Gasteiger partial charge in [-0.2, -0.15) is 0 Å². The summed E-state index contributed by atoms with van der Waals surface area (Å²) >= 11 is 9.29. The molecule has 6 heteroatoms. The van der Waals surface area contributed by atoms with Gasteiger partial charge in [0.05, 0.1) is 5.69 Å². The van der Waals surface area contributed by atoms with Crippen molar-refractivity contribution < 1.29 is 9.53 Å². The maximum atomic E-state index is 11.9. The van der Waals surface area contributed by atoms with Gasteiger partial charge in [0.15, 0.2) is 6.61 Å².